The van der Waals surface area contributed by atoms with Gasteiger partial charge in [-0.15, -0.1) is 0 Å². The summed E-state index contributed by atoms with van der Waals surface area (Å²) in [6, 6.07) is 1.25. The minimum absolute atomic E-state index is 0.0796. The van der Waals surface area contributed by atoms with Gasteiger partial charge in [-0.05, 0) is 18.8 Å². The average Bonchev–Trinajstić information content (AvgIpc) is 3.09. The van der Waals surface area contributed by atoms with Gasteiger partial charge in [0.15, 0.2) is 0 Å². The fraction of sp³-hybridized carbons (Fsp3) is 0.500. The van der Waals surface area contributed by atoms with Gasteiger partial charge in [0.25, 0.3) is 0 Å². The minimum Gasteiger partial charge on any atom is -0.383 e. The van der Waals surface area contributed by atoms with Crippen LogP contribution in [0.5, 0.6) is 0 Å². The minimum atomic E-state index is -0.602. The molecule has 0 aliphatic rings. The Morgan fingerprint density at radius 2 is 2.17 bits per heavy atom. The lowest BCUT2D eigenvalue weighted by atomic mass is 10.2. The molecule has 0 saturated heterocycles. The number of hydrogen-bond acceptors (Lipinski definition) is 6. The van der Waals surface area contributed by atoms with Crippen molar-refractivity contribution in [3.8, 4) is 0 Å². The first-order valence-corrected chi connectivity index (χ1v) is 7.38. The zero-order chi connectivity index (χ0) is 17.7. The van der Waals surface area contributed by atoms with Crippen molar-refractivity contribution in [2.45, 2.75) is 33.5 Å². The Bertz CT molecular complexity index is 736. The fourth-order valence-corrected chi connectivity index (χ4v) is 2.31. The highest BCUT2D eigenvalue weighted by atomic mass is 16.6. The van der Waals surface area contributed by atoms with E-state index in [2.05, 4.69) is 15.5 Å². The van der Waals surface area contributed by atoms with Crippen molar-refractivity contribution in [3.05, 3.63) is 39.3 Å². The average molecular weight is 336 g/mol. The molecule has 0 aromatic carbocycles. The van der Waals surface area contributed by atoms with Gasteiger partial charge in [0.05, 0.1) is 36.2 Å². The zero-order valence-electron chi connectivity index (χ0n) is 13.9. The molecular formula is C14H20N6O4. The summed E-state index contributed by atoms with van der Waals surface area (Å²) in [7, 11) is 1.63. The van der Waals surface area contributed by atoms with E-state index in [0.717, 1.165) is 17.0 Å². The number of carbonyl (C=O) groups is 1. The molecule has 2 aromatic rings. The van der Waals surface area contributed by atoms with Crippen LogP contribution in [0, 0.1) is 24.0 Å². The number of aromatic nitrogens is 4. The van der Waals surface area contributed by atoms with Crippen LogP contribution in [0.25, 0.3) is 0 Å². The molecule has 0 fully saturated rings. The topological polar surface area (TPSA) is 117 Å². The highest BCUT2D eigenvalue weighted by Crippen LogP contribution is 2.12. The van der Waals surface area contributed by atoms with Crippen LogP contribution >= 0.6 is 0 Å². The molecule has 0 aliphatic heterocycles. The Morgan fingerprint density at radius 3 is 2.79 bits per heavy atom. The van der Waals surface area contributed by atoms with Gasteiger partial charge in [0.2, 0.25) is 5.91 Å². The first-order chi connectivity index (χ1) is 11.4. The van der Waals surface area contributed by atoms with Gasteiger partial charge in [0, 0.05) is 24.9 Å². The molecule has 130 valence electrons. The summed E-state index contributed by atoms with van der Waals surface area (Å²) < 4.78 is 8.12. The molecule has 0 radical (unpaired) electrons. The summed E-state index contributed by atoms with van der Waals surface area (Å²) in [6.45, 7) is 5.29. The van der Waals surface area contributed by atoms with Gasteiger partial charge in [-0.2, -0.15) is 9.78 Å². The Balaban J connectivity index is 1.93. The van der Waals surface area contributed by atoms with E-state index in [9.17, 15) is 14.9 Å². The van der Waals surface area contributed by atoms with Crippen molar-refractivity contribution >= 4 is 11.7 Å². The molecule has 2 aromatic heterocycles. The predicted octanol–water partition coefficient (Wildman–Crippen LogP) is 0.567. The van der Waals surface area contributed by atoms with E-state index in [4.69, 9.17) is 4.74 Å². The molecule has 0 atom stereocenters. The number of rotatable bonds is 8. The highest BCUT2D eigenvalue weighted by molar-refractivity contribution is 5.75. The van der Waals surface area contributed by atoms with Crippen LogP contribution in [0.3, 0.4) is 0 Å². The van der Waals surface area contributed by atoms with Gasteiger partial charge < -0.3 is 20.2 Å². The molecule has 2 rings (SSSR count). The number of aryl methyl sites for hydroxylation is 1. The third-order valence-electron chi connectivity index (χ3n) is 3.62. The molecule has 0 unspecified atom stereocenters. The number of nitrogens with one attached hydrogen (secondary N) is 1. The van der Waals surface area contributed by atoms with E-state index in [1.165, 1.54) is 16.9 Å². The van der Waals surface area contributed by atoms with Crippen molar-refractivity contribution in [3.63, 3.8) is 0 Å². The molecule has 2 heterocycles. The van der Waals surface area contributed by atoms with Crippen molar-refractivity contribution < 1.29 is 14.5 Å². The Kier molecular flexibility index (Phi) is 5.64. The molecule has 1 amide bonds. The normalized spacial score (nSPS) is 10.8. The lowest BCUT2D eigenvalue weighted by Gasteiger charge is -2.06. The molecule has 10 heteroatoms. The largest absolute Gasteiger partial charge is 0.389 e. The van der Waals surface area contributed by atoms with E-state index in [1.54, 1.807) is 7.11 Å². The van der Waals surface area contributed by atoms with Crippen LogP contribution in [0.4, 0.5) is 5.82 Å². The number of amides is 1. The van der Waals surface area contributed by atoms with E-state index in [-0.39, 0.29) is 18.3 Å². The van der Waals surface area contributed by atoms with Crippen LogP contribution in [-0.2, 0) is 29.2 Å². The molecule has 1 N–H and O–H groups in total. The third kappa shape index (κ3) is 4.16. The number of nitro groups is 1. The predicted molar refractivity (Wildman–Crippen MR) is 84.3 cm³/mol. The monoisotopic (exact) mass is 336 g/mol. The molecule has 0 spiro atoms. The second-order valence-electron chi connectivity index (χ2n) is 5.27. The van der Waals surface area contributed by atoms with Gasteiger partial charge in [0.1, 0.15) is 6.54 Å². The number of hydrogen-bond donors (Lipinski definition) is 1. The SMILES string of the molecule is COCCn1nc(C)c(CNC(=O)Cn2ccc([N+](=O)[O-])n2)c1C. The lowest BCUT2D eigenvalue weighted by Crippen LogP contribution is -2.27. The Hall–Kier alpha value is -2.75. The highest BCUT2D eigenvalue weighted by Gasteiger charge is 2.15. The smallest absolute Gasteiger partial charge is 0.383 e. The van der Waals surface area contributed by atoms with Gasteiger partial charge in [-0.25, -0.2) is 0 Å². The van der Waals surface area contributed by atoms with Crippen molar-refractivity contribution in [2.75, 3.05) is 13.7 Å². The number of carbonyl (C=O) groups excluding carboxylic acids is 1. The summed E-state index contributed by atoms with van der Waals surface area (Å²) in [4.78, 5) is 21.9. The summed E-state index contributed by atoms with van der Waals surface area (Å²) in [5.74, 6) is -0.564. The van der Waals surface area contributed by atoms with E-state index >= 15 is 0 Å². The van der Waals surface area contributed by atoms with Crippen LogP contribution in [0.2, 0.25) is 0 Å². The molecule has 10 nitrogen and oxygen atoms in total. The van der Waals surface area contributed by atoms with E-state index in [1.807, 2.05) is 18.5 Å². The van der Waals surface area contributed by atoms with Gasteiger partial charge in [-0.1, -0.05) is 0 Å². The standard InChI is InChI=1S/C14H20N6O4/c1-10-12(11(2)19(16-10)6-7-24-3)8-15-14(21)9-18-5-4-13(17-18)20(22)23/h4-5H,6-9H2,1-3H3,(H,15,21). The van der Waals surface area contributed by atoms with Gasteiger partial charge in [-0.3, -0.25) is 9.48 Å². The first-order valence-electron chi connectivity index (χ1n) is 7.38. The van der Waals surface area contributed by atoms with Crippen LogP contribution in [0.15, 0.2) is 12.3 Å². The van der Waals surface area contributed by atoms with Gasteiger partial charge >= 0.3 is 5.82 Å². The maximum absolute atomic E-state index is 12.0. The number of ether oxygens (including phenoxy) is 1. The second kappa shape index (κ2) is 7.68. The van der Waals surface area contributed by atoms with Crippen LogP contribution < -0.4 is 5.32 Å². The summed E-state index contributed by atoms with van der Waals surface area (Å²) in [5.41, 5.74) is 2.77. The maximum atomic E-state index is 12.0. The molecule has 24 heavy (non-hydrogen) atoms. The number of nitrogens with zero attached hydrogens (tertiary/aromatic N) is 5. The zero-order valence-corrected chi connectivity index (χ0v) is 13.9. The molecule has 0 aliphatic carbocycles. The van der Waals surface area contributed by atoms with E-state index < -0.39 is 4.92 Å². The molecule has 0 bridgehead atoms. The first kappa shape index (κ1) is 17.6. The van der Waals surface area contributed by atoms with Crippen LogP contribution in [-0.4, -0.2) is 44.1 Å². The molecule has 0 saturated carbocycles. The fourth-order valence-electron chi connectivity index (χ4n) is 2.31. The quantitative estimate of drug-likeness (QED) is 0.556. The lowest BCUT2D eigenvalue weighted by molar-refractivity contribution is -0.389. The number of methoxy groups -OCH3 is 1. The molecular weight excluding hydrogens is 316 g/mol. The van der Waals surface area contributed by atoms with Crippen molar-refractivity contribution in [1.82, 2.24) is 24.9 Å². The Labute approximate surface area is 138 Å². The van der Waals surface area contributed by atoms with E-state index in [0.29, 0.717) is 19.7 Å². The Morgan fingerprint density at radius 1 is 1.42 bits per heavy atom. The third-order valence-corrected chi connectivity index (χ3v) is 3.62. The maximum Gasteiger partial charge on any atom is 0.389 e. The van der Waals surface area contributed by atoms with Crippen LogP contribution in [0.1, 0.15) is 17.0 Å². The summed E-state index contributed by atoms with van der Waals surface area (Å²) >= 11 is 0. The summed E-state index contributed by atoms with van der Waals surface area (Å²) in [5, 5.41) is 21.5. The van der Waals surface area contributed by atoms with Crippen molar-refractivity contribution in [1.29, 1.82) is 0 Å². The van der Waals surface area contributed by atoms with Crippen molar-refractivity contribution in [2.24, 2.45) is 0 Å². The summed E-state index contributed by atoms with van der Waals surface area (Å²) in [6.07, 6.45) is 1.40. The second-order valence-corrected chi connectivity index (χ2v) is 5.27.